The third-order valence-corrected chi connectivity index (χ3v) is 6.45. The van der Waals surface area contributed by atoms with Crippen molar-refractivity contribution in [3.8, 4) is 11.1 Å². The van der Waals surface area contributed by atoms with E-state index in [1.807, 2.05) is 6.92 Å². The molecule has 0 bridgehead atoms. The van der Waals surface area contributed by atoms with Gasteiger partial charge in [-0.25, -0.2) is 14.2 Å². The van der Waals surface area contributed by atoms with E-state index in [9.17, 15) is 9.90 Å². The molecule has 0 saturated heterocycles. The van der Waals surface area contributed by atoms with Crippen LogP contribution in [0.25, 0.3) is 21.9 Å². The molecule has 1 amide bonds. The molecule has 2 aliphatic rings. The van der Waals surface area contributed by atoms with Gasteiger partial charge in [0.15, 0.2) is 5.82 Å². The molecule has 1 fully saturated rings. The number of nitrogens with two attached hydrogens (primary N) is 1. The number of carbonyl (C=O) groups excluding carboxylic acids is 1. The maximum absolute atomic E-state index is 15.3. The Bertz CT molecular complexity index is 1260. The fraction of sp³-hybridized carbons (Fsp3) is 0.375. The zero-order valence-corrected chi connectivity index (χ0v) is 18.5. The Kier molecular flexibility index (Phi) is 5.28. The van der Waals surface area contributed by atoms with Crippen LogP contribution in [-0.2, 0) is 11.2 Å². The lowest BCUT2D eigenvalue weighted by Crippen LogP contribution is -2.37. The summed E-state index contributed by atoms with van der Waals surface area (Å²) in [5.41, 5.74) is 9.98. The van der Waals surface area contributed by atoms with Gasteiger partial charge in [-0.1, -0.05) is 6.92 Å². The number of halogens is 1. The number of aromatic nitrogens is 2. The molecular weight excluding hydrogens is 425 g/mol. The normalized spacial score (nSPS) is 21.6. The predicted octanol–water partition coefficient (Wildman–Crippen LogP) is 4.00. The average Bonchev–Trinajstić information content (AvgIpc) is 2.75. The Morgan fingerprint density at radius 1 is 1.27 bits per heavy atom. The van der Waals surface area contributed by atoms with Gasteiger partial charge in [0.1, 0.15) is 11.9 Å². The summed E-state index contributed by atoms with van der Waals surface area (Å²) < 4.78 is 20.5. The van der Waals surface area contributed by atoms with E-state index in [-0.39, 0.29) is 17.6 Å². The van der Waals surface area contributed by atoms with Crippen LogP contribution in [0.3, 0.4) is 0 Å². The van der Waals surface area contributed by atoms with E-state index in [1.54, 1.807) is 18.3 Å². The van der Waals surface area contributed by atoms with Gasteiger partial charge in [0.05, 0.1) is 23.2 Å². The minimum atomic E-state index is -0.649. The Labute approximate surface area is 190 Å². The molecule has 5 N–H and O–H groups in total. The molecule has 0 radical (unpaired) electrons. The van der Waals surface area contributed by atoms with Crippen LogP contribution in [0.5, 0.6) is 0 Å². The molecule has 1 aliphatic heterocycles. The third-order valence-electron chi connectivity index (χ3n) is 6.45. The van der Waals surface area contributed by atoms with Gasteiger partial charge in [0.25, 0.3) is 0 Å². The van der Waals surface area contributed by atoms with Crippen molar-refractivity contribution in [3.63, 3.8) is 0 Å². The lowest BCUT2D eigenvalue weighted by Gasteiger charge is -2.30. The molecule has 1 atom stereocenters. The zero-order valence-electron chi connectivity index (χ0n) is 18.5. The van der Waals surface area contributed by atoms with Crippen molar-refractivity contribution in [1.82, 2.24) is 9.97 Å². The molecule has 3 aromatic rings. The smallest absolute Gasteiger partial charge is 0.413 e. The van der Waals surface area contributed by atoms with E-state index in [2.05, 4.69) is 27.5 Å². The molecule has 1 saturated carbocycles. The van der Waals surface area contributed by atoms with E-state index >= 15 is 4.39 Å². The van der Waals surface area contributed by atoms with Gasteiger partial charge in [-0.2, -0.15) is 0 Å². The number of amides is 1. The number of aliphatic hydroxyl groups is 1. The summed E-state index contributed by atoms with van der Waals surface area (Å²) in [5, 5.41) is 16.4. The molecular formula is C24H26FN5O3. The summed E-state index contributed by atoms with van der Waals surface area (Å²) in [4.78, 5) is 20.9. The molecule has 1 aliphatic carbocycles. The average molecular weight is 452 g/mol. The number of hydrogen-bond acceptors (Lipinski definition) is 7. The van der Waals surface area contributed by atoms with Crippen molar-refractivity contribution in [2.24, 2.45) is 5.92 Å². The highest BCUT2D eigenvalue weighted by molar-refractivity contribution is 5.99. The first kappa shape index (κ1) is 21.4. The first-order valence-corrected chi connectivity index (χ1v) is 11.1. The zero-order chi connectivity index (χ0) is 23.3. The van der Waals surface area contributed by atoms with Crippen LogP contribution in [0.15, 0.2) is 24.5 Å². The highest BCUT2D eigenvalue weighted by atomic mass is 19.1. The van der Waals surface area contributed by atoms with Gasteiger partial charge in [0.2, 0.25) is 0 Å². The Morgan fingerprint density at radius 3 is 2.82 bits per heavy atom. The number of ether oxygens (including phenoxy) is 1. The van der Waals surface area contributed by atoms with Gasteiger partial charge >= 0.3 is 6.09 Å². The van der Waals surface area contributed by atoms with Crippen molar-refractivity contribution in [2.75, 3.05) is 22.9 Å². The summed E-state index contributed by atoms with van der Waals surface area (Å²) in [7, 11) is 0. The van der Waals surface area contributed by atoms with Crippen molar-refractivity contribution in [3.05, 3.63) is 41.6 Å². The maximum Gasteiger partial charge on any atom is 0.413 e. The second kappa shape index (κ2) is 8.15. The molecule has 172 valence electrons. The molecule has 2 aromatic heterocycles. The number of nitrogen functional groups attached to an aromatic ring is 1. The summed E-state index contributed by atoms with van der Waals surface area (Å²) in [6.45, 7) is 4.96. The van der Waals surface area contributed by atoms with E-state index in [4.69, 9.17) is 10.5 Å². The molecule has 1 aromatic carbocycles. The first-order valence-electron chi connectivity index (χ1n) is 11.1. The number of nitrogens with one attached hydrogen (secondary N) is 2. The molecule has 5 rings (SSSR count). The van der Waals surface area contributed by atoms with Crippen molar-refractivity contribution < 1.29 is 19.0 Å². The fourth-order valence-electron chi connectivity index (χ4n) is 4.48. The number of aliphatic hydroxyl groups excluding tert-OH is 1. The van der Waals surface area contributed by atoms with E-state index in [0.29, 0.717) is 40.7 Å². The Hall–Kier alpha value is -3.46. The number of hydrogen-bond donors (Lipinski definition) is 4. The molecule has 33 heavy (non-hydrogen) atoms. The third kappa shape index (κ3) is 3.93. The molecule has 3 heterocycles. The van der Waals surface area contributed by atoms with Crippen LogP contribution in [0, 0.1) is 18.7 Å². The number of nitrogens with zero attached hydrogens (tertiary/aromatic N) is 2. The SMILES string of the molecule is Cc1c(-c2cc3cc(NC(=O)OC4CC(O)C4)ncc3c(N)c2F)cnc2c1NC[C@H](C)C2. The van der Waals surface area contributed by atoms with Gasteiger partial charge in [0, 0.05) is 48.3 Å². The van der Waals surface area contributed by atoms with Crippen molar-refractivity contribution in [2.45, 2.75) is 45.3 Å². The largest absolute Gasteiger partial charge is 0.446 e. The quantitative estimate of drug-likeness (QED) is 0.444. The topological polar surface area (TPSA) is 122 Å². The predicted molar refractivity (Wildman–Crippen MR) is 125 cm³/mol. The van der Waals surface area contributed by atoms with Crippen molar-refractivity contribution >= 4 is 34.1 Å². The van der Waals surface area contributed by atoms with E-state index in [0.717, 1.165) is 29.9 Å². The van der Waals surface area contributed by atoms with Crippen molar-refractivity contribution in [1.29, 1.82) is 0 Å². The minimum Gasteiger partial charge on any atom is -0.446 e. The van der Waals surface area contributed by atoms with Crippen LogP contribution in [-0.4, -0.2) is 39.9 Å². The van der Waals surface area contributed by atoms with Gasteiger partial charge in [-0.05, 0) is 42.3 Å². The van der Waals surface area contributed by atoms with Gasteiger partial charge < -0.3 is 20.9 Å². The number of pyridine rings is 2. The molecule has 9 heteroatoms. The summed E-state index contributed by atoms with van der Waals surface area (Å²) in [6.07, 6.45) is 3.50. The van der Waals surface area contributed by atoms with Crippen LogP contribution < -0.4 is 16.4 Å². The van der Waals surface area contributed by atoms with Crippen LogP contribution in [0.4, 0.5) is 26.4 Å². The second-order valence-electron chi connectivity index (χ2n) is 9.03. The number of rotatable bonds is 3. The lowest BCUT2D eigenvalue weighted by atomic mass is 9.92. The fourth-order valence-corrected chi connectivity index (χ4v) is 4.48. The standard InChI is InChI=1S/C24H26FN5O3/c1-11-3-19-23(29-8-11)12(2)17(9-27-19)16-4-13-5-20(28-10-18(13)22(26)21(16)25)30-24(32)33-15-6-14(31)7-15/h4-5,9-11,14-15,29,31H,3,6-8,26H2,1-2H3,(H,28,30,32)/t11-,14?,15?/m1/s1. The van der Waals surface area contributed by atoms with Crippen LogP contribution in [0.2, 0.25) is 0 Å². The summed E-state index contributed by atoms with van der Waals surface area (Å²) >= 11 is 0. The number of carbonyl (C=O) groups is 1. The maximum atomic E-state index is 15.3. The minimum absolute atomic E-state index is 0.00807. The first-order chi connectivity index (χ1) is 15.8. The van der Waals surface area contributed by atoms with Crippen LogP contribution >= 0.6 is 0 Å². The van der Waals surface area contributed by atoms with E-state index < -0.39 is 18.0 Å². The second-order valence-corrected chi connectivity index (χ2v) is 9.03. The number of anilines is 3. The monoisotopic (exact) mass is 451 g/mol. The molecule has 0 spiro atoms. The summed E-state index contributed by atoms with van der Waals surface area (Å²) in [6, 6.07) is 3.33. The summed E-state index contributed by atoms with van der Waals surface area (Å²) in [5.74, 6) is 0.227. The van der Waals surface area contributed by atoms with E-state index in [1.165, 1.54) is 6.20 Å². The number of fused-ring (bicyclic) bond motifs is 2. The highest BCUT2D eigenvalue weighted by Crippen LogP contribution is 2.38. The lowest BCUT2D eigenvalue weighted by molar-refractivity contribution is -0.0308. The molecule has 0 unspecified atom stereocenters. The molecule has 8 nitrogen and oxygen atoms in total. The highest BCUT2D eigenvalue weighted by Gasteiger charge is 2.30. The number of benzene rings is 1. The van der Waals surface area contributed by atoms with Gasteiger partial charge in [-0.3, -0.25) is 10.3 Å². The van der Waals surface area contributed by atoms with Crippen LogP contribution in [0.1, 0.15) is 31.0 Å². The Balaban J connectivity index is 1.48. The Morgan fingerprint density at radius 2 is 2.06 bits per heavy atom. The van der Waals surface area contributed by atoms with Gasteiger partial charge in [-0.15, -0.1) is 0 Å².